The molecule has 1 fully saturated rings. The highest BCUT2D eigenvalue weighted by atomic mass is 16.5. The monoisotopic (exact) mass is 507 g/mol. The van der Waals surface area contributed by atoms with Gasteiger partial charge in [0.15, 0.2) is 5.69 Å². The number of piperidine rings is 1. The van der Waals surface area contributed by atoms with Crippen LogP contribution in [0.25, 0.3) is 16.9 Å². The van der Waals surface area contributed by atoms with E-state index in [9.17, 15) is 9.59 Å². The average Bonchev–Trinajstić information content (AvgIpc) is 3.40. The van der Waals surface area contributed by atoms with E-state index in [0.717, 1.165) is 54.9 Å². The quantitative estimate of drug-likeness (QED) is 0.283. The number of carbonyl (C=O) groups excluding carboxylic acids is 2. The highest BCUT2D eigenvalue weighted by Crippen LogP contribution is 2.28. The van der Waals surface area contributed by atoms with Gasteiger partial charge in [0.2, 0.25) is 0 Å². The predicted octanol–water partition coefficient (Wildman–Crippen LogP) is 6.12. The molecule has 1 aromatic heterocycles. The second-order valence-electron chi connectivity index (χ2n) is 9.83. The second kappa shape index (κ2) is 11.5. The number of hydrogen-bond acceptors (Lipinski definition) is 4. The van der Waals surface area contributed by atoms with Crippen LogP contribution < -0.4 is 0 Å². The van der Waals surface area contributed by atoms with Crippen LogP contribution in [0.4, 0.5) is 0 Å². The lowest BCUT2D eigenvalue weighted by atomic mass is 9.90. The number of ether oxygens (including phenoxy) is 1. The number of carbonyl (C=O) groups is 2. The van der Waals surface area contributed by atoms with Gasteiger partial charge in [-0.3, -0.25) is 4.79 Å². The van der Waals surface area contributed by atoms with Gasteiger partial charge in [0, 0.05) is 24.2 Å². The maximum Gasteiger partial charge on any atom is 0.358 e. The Morgan fingerprint density at radius 1 is 0.921 bits per heavy atom. The standard InChI is InChI=1S/C32H33N3O3/c1-3-38-32(37)29-22-30(28-12-8-7-9-23(28)2)35(33-29)27-15-13-26(14-16-27)31(36)34-19-17-25(18-20-34)21-24-10-5-4-6-11-24/h4-16,22,25H,3,17-21H2,1-2H3. The van der Waals surface area contributed by atoms with E-state index in [1.54, 1.807) is 17.7 Å². The van der Waals surface area contributed by atoms with E-state index in [2.05, 4.69) is 29.4 Å². The summed E-state index contributed by atoms with van der Waals surface area (Å²) in [6.45, 7) is 5.64. The van der Waals surface area contributed by atoms with Gasteiger partial charge in [-0.15, -0.1) is 0 Å². The Labute approximate surface area is 223 Å². The third-order valence-corrected chi connectivity index (χ3v) is 7.24. The number of amides is 1. The number of likely N-dealkylation sites (tertiary alicyclic amines) is 1. The second-order valence-corrected chi connectivity index (χ2v) is 9.83. The first-order valence-electron chi connectivity index (χ1n) is 13.3. The third-order valence-electron chi connectivity index (χ3n) is 7.24. The molecule has 1 aliphatic heterocycles. The summed E-state index contributed by atoms with van der Waals surface area (Å²) in [5, 5.41) is 4.57. The van der Waals surface area contributed by atoms with Crippen molar-refractivity contribution < 1.29 is 14.3 Å². The van der Waals surface area contributed by atoms with Crippen LogP contribution in [-0.4, -0.2) is 46.3 Å². The maximum absolute atomic E-state index is 13.3. The van der Waals surface area contributed by atoms with Crippen LogP contribution in [0.15, 0.2) is 84.9 Å². The van der Waals surface area contributed by atoms with Crippen molar-refractivity contribution in [3.63, 3.8) is 0 Å². The molecule has 194 valence electrons. The molecule has 1 saturated heterocycles. The number of rotatable bonds is 7. The molecule has 1 aliphatic rings. The summed E-state index contributed by atoms with van der Waals surface area (Å²) in [4.78, 5) is 27.7. The van der Waals surface area contributed by atoms with E-state index in [-0.39, 0.29) is 18.2 Å². The van der Waals surface area contributed by atoms with Gasteiger partial charge in [-0.1, -0.05) is 54.6 Å². The molecule has 0 aliphatic carbocycles. The van der Waals surface area contributed by atoms with Crippen molar-refractivity contribution in [3.05, 3.63) is 107 Å². The van der Waals surface area contributed by atoms with Gasteiger partial charge >= 0.3 is 5.97 Å². The molecule has 4 aromatic rings. The lowest BCUT2D eigenvalue weighted by Crippen LogP contribution is -2.38. The first kappa shape index (κ1) is 25.5. The van der Waals surface area contributed by atoms with E-state index in [0.29, 0.717) is 11.5 Å². The minimum absolute atomic E-state index is 0.0570. The van der Waals surface area contributed by atoms with Crippen LogP contribution in [0.5, 0.6) is 0 Å². The molecule has 6 heteroatoms. The van der Waals surface area contributed by atoms with Gasteiger partial charge < -0.3 is 9.64 Å². The summed E-state index contributed by atoms with van der Waals surface area (Å²) in [6, 6.07) is 27.8. The van der Waals surface area contributed by atoms with Crippen molar-refractivity contribution >= 4 is 11.9 Å². The van der Waals surface area contributed by atoms with Gasteiger partial charge in [0.25, 0.3) is 5.91 Å². The number of benzene rings is 3. The molecule has 5 rings (SSSR count). The lowest BCUT2D eigenvalue weighted by Gasteiger charge is -2.32. The van der Waals surface area contributed by atoms with Crippen molar-refractivity contribution in [1.82, 2.24) is 14.7 Å². The van der Waals surface area contributed by atoms with Crippen molar-refractivity contribution in [3.8, 4) is 16.9 Å². The first-order chi connectivity index (χ1) is 18.5. The Morgan fingerprint density at radius 2 is 1.61 bits per heavy atom. The minimum atomic E-state index is -0.455. The van der Waals surface area contributed by atoms with Crippen molar-refractivity contribution in [2.24, 2.45) is 5.92 Å². The number of aromatic nitrogens is 2. The lowest BCUT2D eigenvalue weighted by molar-refractivity contribution is 0.0518. The zero-order valence-electron chi connectivity index (χ0n) is 22.0. The fourth-order valence-electron chi connectivity index (χ4n) is 5.15. The summed E-state index contributed by atoms with van der Waals surface area (Å²) in [5.41, 5.74) is 5.90. The van der Waals surface area contributed by atoms with Gasteiger partial charge in [0.05, 0.1) is 18.0 Å². The first-order valence-corrected chi connectivity index (χ1v) is 13.3. The fraction of sp³-hybridized carbons (Fsp3) is 0.281. The van der Waals surface area contributed by atoms with Gasteiger partial charge in [0.1, 0.15) is 0 Å². The largest absolute Gasteiger partial charge is 0.461 e. The van der Waals surface area contributed by atoms with E-state index >= 15 is 0 Å². The number of esters is 1. The Kier molecular flexibility index (Phi) is 7.68. The highest BCUT2D eigenvalue weighted by molar-refractivity contribution is 5.94. The average molecular weight is 508 g/mol. The Balaban J connectivity index is 1.32. The van der Waals surface area contributed by atoms with Gasteiger partial charge in [-0.2, -0.15) is 5.10 Å². The number of aryl methyl sites for hydroxylation is 1. The van der Waals surface area contributed by atoms with Crippen LogP contribution in [0.2, 0.25) is 0 Å². The highest BCUT2D eigenvalue weighted by Gasteiger charge is 2.24. The SMILES string of the molecule is CCOC(=O)c1cc(-c2ccccc2C)n(-c2ccc(C(=O)N3CCC(Cc4ccccc4)CC3)cc2)n1. The smallest absolute Gasteiger partial charge is 0.358 e. The Bertz CT molecular complexity index is 1400. The summed E-state index contributed by atoms with van der Waals surface area (Å²) < 4.78 is 6.94. The summed E-state index contributed by atoms with van der Waals surface area (Å²) >= 11 is 0. The molecule has 2 heterocycles. The molecule has 0 atom stereocenters. The third kappa shape index (κ3) is 5.54. The molecule has 0 bridgehead atoms. The number of nitrogens with zero attached hydrogens (tertiary/aromatic N) is 3. The van der Waals surface area contributed by atoms with Crippen molar-refractivity contribution in [2.75, 3.05) is 19.7 Å². The summed E-state index contributed by atoms with van der Waals surface area (Å²) in [7, 11) is 0. The van der Waals surface area contributed by atoms with Crippen LogP contribution in [0.3, 0.4) is 0 Å². The topological polar surface area (TPSA) is 64.4 Å². The molecule has 38 heavy (non-hydrogen) atoms. The van der Waals surface area contributed by atoms with E-state index in [4.69, 9.17) is 4.74 Å². The molecule has 1 amide bonds. The molecule has 0 unspecified atom stereocenters. The predicted molar refractivity (Wildman–Crippen MR) is 148 cm³/mol. The van der Waals surface area contributed by atoms with Crippen LogP contribution >= 0.6 is 0 Å². The molecule has 6 nitrogen and oxygen atoms in total. The number of hydrogen-bond donors (Lipinski definition) is 0. The van der Waals surface area contributed by atoms with Crippen LogP contribution in [-0.2, 0) is 11.2 Å². The Hall–Kier alpha value is -4.19. The molecule has 0 N–H and O–H groups in total. The molecule has 0 spiro atoms. The van der Waals surface area contributed by atoms with E-state index in [1.807, 2.05) is 66.4 Å². The molecular weight excluding hydrogens is 474 g/mol. The zero-order chi connectivity index (χ0) is 26.5. The molecule has 0 radical (unpaired) electrons. The van der Waals surface area contributed by atoms with Gasteiger partial charge in [-0.25, -0.2) is 9.48 Å². The van der Waals surface area contributed by atoms with Crippen LogP contribution in [0.1, 0.15) is 51.7 Å². The van der Waals surface area contributed by atoms with E-state index < -0.39 is 5.97 Å². The maximum atomic E-state index is 13.3. The van der Waals surface area contributed by atoms with Crippen molar-refractivity contribution in [2.45, 2.75) is 33.1 Å². The molecule has 0 saturated carbocycles. The molecule has 3 aromatic carbocycles. The van der Waals surface area contributed by atoms with Crippen molar-refractivity contribution in [1.29, 1.82) is 0 Å². The normalized spacial score (nSPS) is 13.9. The molecular formula is C32H33N3O3. The zero-order valence-corrected chi connectivity index (χ0v) is 22.0. The fourth-order valence-corrected chi connectivity index (χ4v) is 5.15. The van der Waals surface area contributed by atoms with Crippen LogP contribution in [0, 0.1) is 12.8 Å². The minimum Gasteiger partial charge on any atom is -0.461 e. The summed E-state index contributed by atoms with van der Waals surface area (Å²) in [6.07, 6.45) is 3.10. The Morgan fingerprint density at radius 3 is 2.29 bits per heavy atom. The van der Waals surface area contributed by atoms with E-state index in [1.165, 1.54) is 5.56 Å². The van der Waals surface area contributed by atoms with Gasteiger partial charge in [-0.05, 0) is 80.5 Å². The summed E-state index contributed by atoms with van der Waals surface area (Å²) in [5.74, 6) is 0.210.